The first-order valence-electron chi connectivity index (χ1n) is 8.52. The van der Waals surface area contributed by atoms with Crippen molar-refractivity contribution in [3.05, 3.63) is 65.0 Å². The molecule has 1 amide bonds. The molecule has 0 N–H and O–H groups in total. The third-order valence-corrected chi connectivity index (χ3v) is 4.98. The quantitative estimate of drug-likeness (QED) is 0.703. The summed E-state index contributed by atoms with van der Waals surface area (Å²) in [6, 6.07) is 9.54. The number of amides is 1. The van der Waals surface area contributed by atoms with Crippen LogP contribution < -0.4 is 4.74 Å². The van der Waals surface area contributed by atoms with Crippen molar-refractivity contribution in [2.75, 3.05) is 13.1 Å². The minimum atomic E-state index is -0.0228. The number of carbonyl (C=O) groups is 1. The second kappa shape index (κ2) is 7.61. The fourth-order valence-corrected chi connectivity index (χ4v) is 3.69. The van der Waals surface area contributed by atoms with Crippen LogP contribution in [0.2, 0.25) is 0 Å². The molecule has 2 aromatic heterocycles. The van der Waals surface area contributed by atoms with Gasteiger partial charge >= 0.3 is 0 Å². The number of hydrogen-bond acceptors (Lipinski definition) is 6. The van der Waals surface area contributed by atoms with Crippen molar-refractivity contribution in [1.82, 2.24) is 19.9 Å². The third-order valence-electron chi connectivity index (χ3n) is 4.40. The van der Waals surface area contributed by atoms with Gasteiger partial charge in [0.25, 0.3) is 5.91 Å². The molecule has 1 fully saturated rings. The molecule has 0 radical (unpaired) electrons. The molecular formula is C19H18N4O2S. The highest BCUT2D eigenvalue weighted by Crippen LogP contribution is 2.32. The summed E-state index contributed by atoms with van der Waals surface area (Å²) in [5.41, 5.74) is 2.99. The molecule has 3 heterocycles. The van der Waals surface area contributed by atoms with E-state index in [0.717, 1.165) is 30.8 Å². The summed E-state index contributed by atoms with van der Waals surface area (Å²) in [6.07, 6.45) is 5.17. The van der Waals surface area contributed by atoms with Gasteiger partial charge in [-0.05, 0) is 25.0 Å². The lowest BCUT2D eigenvalue weighted by atomic mass is 9.94. The van der Waals surface area contributed by atoms with Crippen LogP contribution in [0.15, 0.2) is 53.6 Å². The first kappa shape index (κ1) is 16.7. The molecule has 0 bridgehead atoms. The topological polar surface area (TPSA) is 68.2 Å². The van der Waals surface area contributed by atoms with Crippen molar-refractivity contribution < 1.29 is 9.53 Å². The highest BCUT2D eigenvalue weighted by atomic mass is 32.1. The molecule has 0 saturated carbocycles. The van der Waals surface area contributed by atoms with Gasteiger partial charge in [-0.2, -0.15) is 0 Å². The monoisotopic (exact) mass is 366 g/mol. The molecule has 1 atom stereocenters. The highest BCUT2D eigenvalue weighted by Gasteiger charge is 2.29. The molecule has 4 rings (SSSR count). The standard InChI is InChI=1S/C19H18N4O2S/c24-19(16-12-26-13-22-16)23-10-4-5-14(11-23)17-18(21-9-8-20-17)25-15-6-2-1-3-7-15/h1-3,6-9,12-14H,4-5,10-11H2/t14-/m1/s1. The van der Waals surface area contributed by atoms with Gasteiger partial charge in [-0.1, -0.05) is 18.2 Å². The Hall–Kier alpha value is -2.80. The van der Waals surface area contributed by atoms with Crippen molar-refractivity contribution in [3.8, 4) is 11.6 Å². The van der Waals surface area contributed by atoms with Crippen LogP contribution in [0.25, 0.3) is 0 Å². The van der Waals surface area contributed by atoms with Crippen LogP contribution in [0.5, 0.6) is 11.6 Å². The number of para-hydroxylation sites is 1. The largest absolute Gasteiger partial charge is 0.437 e. The lowest BCUT2D eigenvalue weighted by Gasteiger charge is -2.32. The summed E-state index contributed by atoms with van der Waals surface area (Å²) < 4.78 is 5.94. The number of thiazole rings is 1. The van der Waals surface area contributed by atoms with Gasteiger partial charge in [0.1, 0.15) is 17.1 Å². The Balaban J connectivity index is 1.54. The number of ether oxygens (including phenoxy) is 1. The van der Waals surface area contributed by atoms with Crippen LogP contribution in [0.4, 0.5) is 0 Å². The van der Waals surface area contributed by atoms with E-state index in [1.165, 1.54) is 11.3 Å². The smallest absolute Gasteiger partial charge is 0.273 e. The Morgan fingerprint density at radius 1 is 1.15 bits per heavy atom. The lowest BCUT2D eigenvalue weighted by molar-refractivity contribution is 0.0699. The van der Waals surface area contributed by atoms with Crippen LogP contribution in [-0.4, -0.2) is 38.8 Å². The summed E-state index contributed by atoms with van der Waals surface area (Å²) in [4.78, 5) is 27.5. The van der Waals surface area contributed by atoms with Crippen LogP contribution in [0.1, 0.15) is 34.9 Å². The minimum absolute atomic E-state index is 0.0228. The second-order valence-electron chi connectivity index (χ2n) is 6.13. The number of aromatic nitrogens is 3. The zero-order valence-electron chi connectivity index (χ0n) is 14.1. The van der Waals surface area contributed by atoms with E-state index in [4.69, 9.17) is 4.74 Å². The normalized spacial score (nSPS) is 17.1. The van der Waals surface area contributed by atoms with Gasteiger partial charge in [0.15, 0.2) is 0 Å². The van der Waals surface area contributed by atoms with Gasteiger partial charge in [-0.3, -0.25) is 9.78 Å². The van der Waals surface area contributed by atoms with Gasteiger partial charge in [0.2, 0.25) is 5.88 Å². The summed E-state index contributed by atoms with van der Waals surface area (Å²) in [7, 11) is 0. The van der Waals surface area contributed by atoms with E-state index >= 15 is 0 Å². The second-order valence-corrected chi connectivity index (χ2v) is 6.84. The summed E-state index contributed by atoms with van der Waals surface area (Å²) in [5, 5.41) is 1.79. The summed E-state index contributed by atoms with van der Waals surface area (Å²) in [5.74, 6) is 1.30. The molecule has 3 aromatic rings. The number of rotatable bonds is 4. The number of piperidine rings is 1. The van der Waals surface area contributed by atoms with Gasteiger partial charge in [-0.25, -0.2) is 9.97 Å². The Morgan fingerprint density at radius 2 is 2.00 bits per heavy atom. The number of carbonyl (C=O) groups excluding carboxylic acids is 1. The van der Waals surface area contributed by atoms with Crippen molar-refractivity contribution in [2.24, 2.45) is 0 Å². The van der Waals surface area contributed by atoms with Crippen LogP contribution >= 0.6 is 11.3 Å². The van der Waals surface area contributed by atoms with E-state index in [2.05, 4.69) is 15.0 Å². The van der Waals surface area contributed by atoms with Gasteiger partial charge in [0, 0.05) is 36.8 Å². The molecule has 0 unspecified atom stereocenters. The summed E-state index contributed by atoms with van der Waals surface area (Å²) in [6.45, 7) is 1.34. The van der Waals surface area contributed by atoms with Crippen LogP contribution in [0.3, 0.4) is 0 Å². The zero-order valence-corrected chi connectivity index (χ0v) is 14.9. The average molecular weight is 366 g/mol. The van der Waals surface area contributed by atoms with Crippen molar-refractivity contribution in [3.63, 3.8) is 0 Å². The predicted octanol–water partition coefficient (Wildman–Crippen LogP) is 3.75. The maximum Gasteiger partial charge on any atom is 0.273 e. The molecule has 132 valence electrons. The summed E-state index contributed by atoms with van der Waals surface area (Å²) >= 11 is 1.43. The van der Waals surface area contributed by atoms with E-state index in [-0.39, 0.29) is 11.8 Å². The molecule has 1 aliphatic heterocycles. The maximum atomic E-state index is 12.6. The van der Waals surface area contributed by atoms with Crippen LogP contribution in [0, 0.1) is 0 Å². The van der Waals surface area contributed by atoms with Crippen molar-refractivity contribution >= 4 is 17.2 Å². The Labute approximate surface area is 155 Å². The van der Waals surface area contributed by atoms with E-state index in [1.54, 1.807) is 23.3 Å². The first-order valence-corrected chi connectivity index (χ1v) is 9.47. The SMILES string of the molecule is O=C(c1cscn1)N1CCC[C@@H](c2nccnc2Oc2ccccc2)C1. The Kier molecular flexibility index (Phi) is 4.88. The first-order chi connectivity index (χ1) is 12.8. The average Bonchev–Trinajstić information content (AvgIpc) is 3.24. The third kappa shape index (κ3) is 3.57. The number of hydrogen-bond donors (Lipinski definition) is 0. The van der Waals surface area contributed by atoms with Gasteiger partial charge in [0.05, 0.1) is 5.51 Å². The number of likely N-dealkylation sites (tertiary alicyclic amines) is 1. The minimum Gasteiger partial charge on any atom is -0.437 e. The van der Waals surface area contributed by atoms with Gasteiger partial charge < -0.3 is 9.64 Å². The Morgan fingerprint density at radius 3 is 2.81 bits per heavy atom. The van der Waals surface area contributed by atoms with E-state index < -0.39 is 0 Å². The fraction of sp³-hybridized carbons (Fsp3) is 0.263. The molecule has 0 spiro atoms. The van der Waals surface area contributed by atoms with E-state index in [0.29, 0.717) is 18.1 Å². The molecule has 0 aliphatic carbocycles. The van der Waals surface area contributed by atoms with Crippen molar-refractivity contribution in [2.45, 2.75) is 18.8 Å². The molecule has 1 aliphatic rings. The molecular weight excluding hydrogens is 348 g/mol. The number of benzene rings is 1. The van der Waals surface area contributed by atoms with Crippen LogP contribution in [-0.2, 0) is 0 Å². The molecule has 26 heavy (non-hydrogen) atoms. The zero-order chi connectivity index (χ0) is 17.8. The Bertz CT molecular complexity index is 870. The van der Waals surface area contributed by atoms with Crippen molar-refractivity contribution in [1.29, 1.82) is 0 Å². The predicted molar refractivity (Wildman–Crippen MR) is 98.5 cm³/mol. The number of nitrogens with zero attached hydrogens (tertiary/aromatic N) is 4. The lowest BCUT2D eigenvalue weighted by Crippen LogP contribution is -2.39. The molecule has 1 aromatic carbocycles. The molecule has 7 heteroatoms. The molecule has 1 saturated heterocycles. The highest BCUT2D eigenvalue weighted by molar-refractivity contribution is 7.07. The van der Waals surface area contributed by atoms with E-state index in [9.17, 15) is 4.79 Å². The molecule has 6 nitrogen and oxygen atoms in total. The van der Waals surface area contributed by atoms with Gasteiger partial charge in [-0.15, -0.1) is 11.3 Å². The van der Waals surface area contributed by atoms with E-state index in [1.807, 2.05) is 35.2 Å². The maximum absolute atomic E-state index is 12.6. The fourth-order valence-electron chi connectivity index (χ4n) is 3.16.